The van der Waals surface area contributed by atoms with Crippen molar-refractivity contribution in [3.8, 4) is 11.1 Å². The van der Waals surface area contributed by atoms with Gasteiger partial charge in [-0.3, -0.25) is 4.79 Å². The molecular weight excluding hydrogens is 527 g/mol. The van der Waals surface area contributed by atoms with Crippen LogP contribution in [0.25, 0.3) is 11.1 Å². The Labute approximate surface area is 217 Å². The van der Waals surface area contributed by atoms with Gasteiger partial charge in [-0.05, 0) is 86.1 Å². The number of benzene rings is 2. The summed E-state index contributed by atoms with van der Waals surface area (Å²) in [6.45, 7) is 6.47. The van der Waals surface area contributed by atoms with E-state index < -0.39 is 53.3 Å². The Bertz CT molecular complexity index is 1100. The van der Waals surface area contributed by atoms with E-state index in [0.29, 0.717) is 25.3 Å². The van der Waals surface area contributed by atoms with Crippen LogP contribution in [0.5, 0.6) is 0 Å². The third-order valence-electron chi connectivity index (χ3n) is 5.64. The van der Waals surface area contributed by atoms with Gasteiger partial charge < -0.3 is 10.5 Å². The van der Waals surface area contributed by atoms with Crippen molar-refractivity contribution >= 4 is 18.4 Å². The van der Waals surface area contributed by atoms with Gasteiger partial charge in [0.25, 0.3) is 0 Å². The van der Waals surface area contributed by atoms with Gasteiger partial charge in [0.1, 0.15) is 5.82 Å². The molecule has 0 bridgehead atoms. The maximum atomic E-state index is 14.9. The molecule has 0 saturated carbocycles. The van der Waals surface area contributed by atoms with Crippen LogP contribution in [0.4, 0.5) is 30.7 Å². The first-order valence-corrected chi connectivity index (χ1v) is 11.3. The summed E-state index contributed by atoms with van der Waals surface area (Å²) in [4.78, 5) is 11.8. The molecule has 0 aliphatic rings. The van der Waals surface area contributed by atoms with Gasteiger partial charge in [0.05, 0.1) is 24.2 Å². The number of alkyl halides is 6. The fraction of sp³-hybridized carbons (Fsp3) is 0.423. The zero-order valence-electron chi connectivity index (χ0n) is 20.4. The van der Waals surface area contributed by atoms with E-state index in [2.05, 4.69) is 6.58 Å². The second-order valence-corrected chi connectivity index (χ2v) is 8.40. The van der Waals surface area contributed by atoms with Crippen LogP contribution in [0.3, 0.4) is 0 Å². The van der Waals surface area contributed by atoms with E-state index in [0.717, 1.165) is 18.2 Å². The van der Waals surface area contributed by atoms with Gasteiger partial charge in [0.2, 0.25) is 0 Å². The molecule has 11 heteroatoms. The lowest BCUT2D eigenvalue weighted by Gasteiger charge is -2.21. The summed E-state index contributed by atoms with van der Waals surface area (Å²) in [5.41, 5.74) is 3.02. The molecule has 206 valence electrons. The standard InChI is InChI=1S/C26H28F7NO2.ClH/c1-4-6-7-8-9-16-11-18(25(28,29)30)10-15(3)23(16)17-12-19(21(34)14-22(35)36-5-2)24(27)20(13-17)26(31,32)33;/h4,10-13,21H,1,5-9,14,34H2,2-3H3;1H/t21-;/m0./s1. The molecule has 0 saturated heterocycles. The molecular formula is C26H29ClF7NO2. The largest absolute Gasteiger partial charge is 0.466 e. The Morgan fingerprint density at radius 3 is 2.27 bits per heavy atom. The Morgan fingerprint density at radius 2 is 1.73 bits per heavy atom. The van der Waals surface area contributed by atoms with E-state index >= 15 is 0 Å². The summed E-state index contributed by atoms with van der Waals surface area (Å²) >= 11 is 0. The molecule has 2 aromatic rings. The van der Waals surface area contributed by atoms with Gasteiger partial charge in [-0.15, -0.1) is 19.0 Å². The van der Waals surface area contributed by atoms with Crippen LogP contribution in [0, 0.1) is 12.7 Å². The van der Waals surface area contributed by atoms with Crippen LogP contribution in [-0.2, 0) is 28.3 Å². The molecule has 0 fully saturated rings. The maximum absolute atomic E-state index is 14.9. The average Bonchev–Trinajstić information content (AvgIpc) is 2.75. The lowest BCUT2D eigenvalue weighted by molar-refractivity contribution is -0.143. The molecule has 0 radical (unpaired) electrons. The van der Waals surface area contributed by atoms with Gasteiger partial charge in [-0.2, -0.15) is 26.3 Å². The molecule has 37 heavy (non-hydrogen) atoms. The third-order valence-corrected chi connectivity index (χ3v) is 5.64. The number of halogens is 8. The summed E-state index contributed by atoms with van der Waals surface area (Å²) in [5, 5.41) is 0. The number of carbonyl (C=O) groups is 1. The van der Waals surface area contributed by atoms with E-state index in [4.69, 9.17) is 10.5 Å². The molecule has 0 aliphatic carbocycles. The number of ether oxygens (including phenoxy) is 1. The topological polar surface area (TPSA) is 52.3 Å². The number of hydrogen-bond acceptors (Lipinski definition) is 3. The van der Waals surface area contributed by atoms with Gasteiger partial charge in [0, 0.05) is 11.6 Å². The average molecular weight is 556 g/mol. The van der Waals surface area contributed by atoms with Crippen molar-refractivity contribution in [1.29, 1.82) is 0 Å². The number of carbonyl (C=O) groups excluding carboxylic acids is 1. The lowest BCUT2D eigenvalue weighted by Crippen LogP contribution is -2.21. The summed E-state index contributed by atoms with van der Waals surface area (Å²) in [6, 6.07) is 1.93. The minimum atomic E-state index is -5.11. The number of hydrogen-bond donors (Lipinski definition) is 1. The zero-order chi connectivity index (χ0) is 27.3. The second kappa shape index (κ2) is 13.3. The minimum absolute atomic E-state index is 0. The molecule has 0 spiro atoms. The molecule has 1 atom stereocenters. The van der Waals surface area contributed by atoms with Crippen molar-refractivity contribution in [3.05, 3.63) is 70.6 Å². The summed E-state index contributed by atoms with van der Waals surface area (Å²) in [5.74, 6) is -2.46. The normalized spacial score (nSPS) is 12.6. The molecule has 0 amide bonds. The van der Waals surface area contributed by atoms with Crippen molar-refractivity contribution in [2.75, 3.05) is 6.61 Å². The molecule has 0 aliphatic heterocycles. The highest BCUT2D eigenvalue weighted by Gasteiger charge is 2.37. The van der Waals surface area contributed by atoms with Gasteiger partial charge in [-0.1, -0.05) is 6.08 Å². The highest BCUT2D eigenvalue weighted by molar-refractivity contribution is 5.85. The lowest BCUT2D eigenvalue weighted by atomic mass is 9.87. The predicted molar refractivity (Wildman–Crippen MR) is 130 cm³/mol. The van der Waals surface area contributed by atoms with E-state index in [-0.39, 0.29) is 47.7 Å². The molecule has 3 nitrogen and oxygen atoms in total. The van der Waals surface area contributed by atoms with Gasteiger partial charge in [-0.25, -0.2) is 4.39 Å². The molecule has 2 aromatic carbocycles. The monoisotopic (exact) mass is 555 g/mol. The number of aryl methyl sites for hydroxylation is 2. The maximum Gasteiger partial charge on any atom is 0.419 e. The summed E-state index contributed by atoms with van der Waals surface area (Å²) in [6.07, 6.45) is -6.84. The Kier molecular flexibility index (Phi) is 11.6. The van der Waals surface area contributed by atoms with Gasteiger partial charge >= 0.3 is 18.3 Å². The summed E-state index contributed by atoms with van der Waals surface area (Å²) < 4.78 is 101. The Balaban J connectivity index is 0.00000684. The fourth-order valence-corrected chi connectivity index (χ4v) is 4.02. The fourth-order valence-electron chi connectivity index (χ4n) is 4.02. The highest BCUT2D eigenvalue weighted by atomic mass is 35.5. The van der Waals surface area contributed by atoms with Crippen molar-refractivity contribution in [2.45, 2.75) is 64.3 Å². The molecule has 0 unspecified atom stereocenters. The van der Waals surface area contributed by atoms with Crippen molar-refractivity contribution in [1.82, 2.24) is 0 Å². The van der Waals surface area contributed by atoms with E-state index in [1.54, 1.807) is 6.08 Å². The first-order valence-electron chi connectivity index (χ1n) is 11.3. The van der Waals surface area contributed by atoms with Crippen LogP contribution in [-0.4, -0.2) is 12.6 Å². The zero-order valence-corrected chi connectivity index (χ0v) is 21.2. The smallest absolute Gasteiger partial charge is 0.419 e. The molecule has 2 N–H and O–H groups in total. The minimum Gasteiger partial charge on any atom is -0.466 e. The van der Waals surface area contributed by atoms with E-state index in [1.165, 1.54) is 13.8 Å². The van der Waals surface area contributed by atoms with Crippen LogP contribution < -0.4 is 5.73 Å². The first-order chi connectivity index (χ1) is 16.7. The van der Waals surface area contributed by atoms with Crippen molar-refractivity contribution in [3.63, 3.8) is 0 Å². The molecule has 2 rings (SSSR count). The summed E-state index contributed by atoms with van der Waals surface area (Å²) in [7, 11) is 0. The Hall–Kier alpha value is -2.59. The van der Waals surface area contributed by atoms with Crippen LogP contribution >= 0.6 is 12.4 Å². The van der Waals surface area contributed by atoms with E-state index in [1.807, 2.05) is 0 Å². The number of allylic oxidation sites excluding steroid dienone is 1. The van der Waals surface area contributed by atoms with E-state index in [9.17, 15) is 35.5 Å². The first kappa shape index (κ1) is 32.4. The highest BCUT2D eigenvalue weighted by Crippen LogP contribution is 2.41. The number of nitrogens with two attached hydrogens (primary N) is 1. The molecule has 0 heterocycles. The van der Waals surface area contributed by atoms with Crippen LogP contribution in [0.2, 0.25) is 0 Å². The number of rotatable bonds is 10. The third kappa shape index (κ3) is 8.46. The van der Waals surface area contributed by atoms with Crippen LogP contribution in [0.1, 0.15) is 66.5 Å². The predicted octanol–water partition coefficient (Wildman–Crippen LogP) is 8.11. The number of esters is 1. The van der Waals surface area contributed by atoms with Crippen LogP contribution in [0.15, 0.2) is 36.9 Å². The SMILES string of the molecule is C=CCCCCc1cc(C(F)(F)F)cc(C)c1-c1cc([C@@H](N)CC(=O)OCC)c(F)c(C(F)(F)F)c1.Cl. The Morgan fingerprint density at radius 1 is 1.08 bits per heavy atom. The van der Waals surface area contributed by atoms with Crippen molar-refractivity contribution < 1.29 is 40.3 Å². The van der Waals surface area contributed by atoms with Crippen molar-refractivity contribution in [2.24, 2.45) is 5.73 Å². The second-order valence-electron chi connectivity index (χ2n) is 8.40. The van der Waals surface area contributed by atoms with Gasteiger partial charge in [0.15, 0.2) is 0 Å². The molecule has 0 aromatic heterocycles. The number of unbranched alkanes of at least 4 members (excludes halogenated alkanes) is 2. The quantitative estimate of drug-likeness (QED) is 0.139.